The van der Waals surface area contributed by atoms with Gasteiger partial charge < -0.3 is 5.11 Å². The lowest BCUT2D eigenvalue weighted by Crippen LogP contribution is -2.13. The average Bonchev–Trinajstić information content (AvgIpc) is 2.74. The van der Waals surface area contributed by atoms with E-state index in [-0.39, 0.29) is 4.90 Å². The smallest absolute Gasteiger partial charge is 0.335 e. The summed E-state index contributed by atoms with van der Waals surface area (Å²) in [5, 5.41) is 9.28. The molecule has 156 valence electrons. The van der Waals surface area contributed by atoms with Crippen molar-refractivity contribution in [1.29, 1.82) is 0 Å². The minimum Gasteiger partial charge on any atom is -0.478 e. The molecular formula is C24H25NO4S. The highest BCUT2D eigenvalue weighted by Crippen LogP contribution is 2.19. The van der Waals surface area contributed by atoms with Gasteiger partial charge in [-0.2, -0.15) is 0 Å². The molecule has 0 amide bonds. The van der Waals surface area contributed by atoms with Crippen LogP contribution in [0.5, 0.6) is 0 Å². The fourth-order valence-corrected chi connectivity index (χ4v) is 4.36. The third kappa shape index (κ3) is 5.48. The first-order valence-corrected chi connectivity index (χ1v) is 11.4. The number of aromatic carboxylic acids is 1. The summed E-state index contributed by atoms with van der Waals surface area (Å²) in [6.45, 7) is 2.08. The molecule has 0 unspecified atom stereocenters. The Kier molecular flexibility index (Phi) is 6.90. The molecule has 0 aliphatic heterocycles. The van der Waals surface area contributed by atoms with Gasteiger partial charge >= 0.3 is 5.97 Å². The third-order valence-corrected chi connectivity index (χ3v) is 6.31. The van der Waals surface area contributed by atoms with Crippen molar-refractivity contribution in [2.24, 2.45) is 0 Å². The number of nitrogens with one attached hydrogen (secondary N) is 1. The first-order chi connectivity index (χ1) is 14.4. The maximum absolute atomic E-state index is 12.6. The Hall–Kier alpha value is -3.12. The van der Waals surface area contributed by atoms with Crippen LogP contribution in [0, 0.1) is 0 Å². The van der Waals surface area contributed by atoms with Gasteiger partial charge in [0.15, 0.2) is 0 Å². The summed E-state index contributed by atoms with van der Waals surface area (Å²) in [4.78, 5) is 11.5. The Morgan fingerprint density at radius 2 is 1.43 bits per heavy atom. The highest BCUT2D eigenvalue weighted by Gasteiger charge is 2.14. The van der Waals surface area contributed by atoms with Crippen molar-refractivity contribution in [2.45, 2.75) is 37.5 Å². The van der Waals surface area contributed by atoms with Crippen LogP contribution in [0.3, 0.4) is 0 Å². The lowest BCUT2D eigenvalue weighted by Gasteiger charge is -2.10. The fraction of sp³-hybridized carbons (Fsp3) is 0.208. The van der Waals surface area contributed by atoms with Gasteiger partial charge in [0, 0.05) is 5.69 Å². The fourth-order valence-electron chi connectivity index (χ4n) is 3.30. The van der Waals surface area contributed by atoms with E-state index in [1.165, 1.54) is 0 Å². The molecule has 0 spiro atoms. The monoisotopic (exact) mass is 423 g/mol. The largest absolute Gasteiger partial charge is 0.478 e. The number of hydrogen-bond acceptors (Lipinski definition) is 3. The second-order valence-corrected chi connectivity index (χ2v) is 8.84. The standard InChI is InChI=1S/C24H25NO4S/c1-2-5-18-11-16-22(17-12-18)30(28,29)25-21-14-9-19(10-15-21)8-13-20-6-3-4-7-23(20)24(26)27/h3-4,6-7,9-12,14-17,25H,2,5,8,13H2,1H3,(H,26,27). The van der Waals surface area contributed by atoms with E-state index in [0.717, 1.165) is 29.5 Å². The lowest BCUT2D eigenvalue weighted by molar-refractivity contribution is 0.0695. The highest BCUT2D eigenvalue weighted by atomic mass is 32.2. The van der Waals surface area contributed by atoms with Crippen LogP contribution in [0.4, 0.5) is 5.69 Å². The summed E-state index contributed by atoms with van der Waals surface area (Å²) >= 11 is 0. The Morgan fingerprint density at radius 1 is 0.833 bits per heavy atom. The second kappa shape index (κ2) is 9.59. The van der Waals surface area contributed by atoms with Gasteiger partial charge in [0.1, 0.15) is 0 Å². The van der Waals surface area contributed by atoms with Gasteiger partial charge in [0.25, 0.3) is 10.0 Å². The predicted octanol–water partition coefficient (Wildman–Crippen LogP) is 4.92. The molecular weight excluding hydrogens is 398 g/mol. The zero-order valence-corrected chi connectivity index (χ0v) is 17.7. The highest BCUT2D eigenvalue weighted by molar-refractivity contribution is 7.92. The molecule has 0 fully saturated rings. The first kappa shape index (κ1) is 21.6. The Bertz CT molecular complexity index is 1100. The summed E-state index contributed by atoms with van der Waals surface area (Å²) in [7, 11) is -3.64. The molecule has 3 aromatic carbocycles. The van der Waals surface area contributed by atoms with Crippen LogP contribution in [-0.4, -0.2) is 19.5 Å². The summed E-state index contributed by atoms with van der Waals surface area (Å²) in [6, 6.07) is 21.1. The van der Waals surface area contributed by atoms with E-state index >= 15 is 0 Å². The molecule has 0 bridgehead atoms. The number of aryl methyl sites for hydroxylation is 3. The number of anilines is 1. The van der Waals surface area contributed by atoms with E-state index in [2.05, 4.69) is 11.6 Å². The van der Waals surface area contributed by atoms with Gasteiger partial charge in [-0.1, -0.05) is 55.8 Å². The molecule has 0 radical (unpaired) electrons. The third-order valence-electron chi connectivity index (χ3n) is 4.91. The van der Waals surface area contributed by atoms with Crippen molar-refractivity contribution in [3.05, 3.63) is 95.1 Å². The number of carboxylic acid groups (broad SMARTS) is 1. The minimum absolute atomic E-state index is 0.233. The Balaban J connectivity index is 1.65. The number of carbonyl (C=O) groups is 1. The van der Waals surface area contributed by atoms with Gasteiger partial charge in [-0.3, -0.25) is 4.72 Å². The number of benzene rings is 3. The normalized spacial score (nSPS) is 11.2. The van der Waals surface area contributed by atoms with Crippen molar-refractivity contribution in [3.63, 3.8) is 0 Å². The van der Waals surface area contributed by atoms with Crippen LogP contribution in [0.2, 0.25) is 0 Å². The lowest BCUT2D eigenvalue weighted by atomic mass is 10.00. The number of rotatable bonds is 9. The first-order valence-electron chi connectivity index (χ1n) is 9.91. The maximum atomic E-state index is 12.6. The number of hydrogen-bond donors (Lipinski definition) is 2. The molecule has 0 saturated carbocycles. The van der Waals surface area contributed by atoms with Crippen molar-refractivity contribution in [2.75, 3.05) is 4.72 Å². The quantitative estimate of drug-likeness (QED) is 0.511. The van der Waals surface area contributed by atoms with E-state index in [1.807, 2.05) is 36.4 Å². The van der Waals surface area contributed by atoms with Crippen molar-refractivity contribution >= 4 is 21.7 Å². The molecule has 2 N–H and O–H groups in total. The van der Waals surface area contributed by atoms with Gasteiger partial charge in [0.05, 0.1) is 10.5 Å². The van der Waals surface area contributed by atoms with Crippen LogP contribution < -0.4 is 4.72 Å². The summed E-state index contributed by atoms with van der Waals surface area (Å²) in [6.07, 6.45) is 3.19. The Labute approximate surface area is 177 Å². The van der Waals surface area contributed by atoms with Gasteiger partial charge in [-0.15, -0.1) is 0 Å². The topological polar surface area (TPSA) is 83.5 Å². The van der Waals surface area contributed by atoms with Crippen molar-refractivity contribution < 1.29 is 18.3 Å². The zero-order chi connectivity index (χ0) is 21.6. The second-order valence-electron chi connectivity index (χ2n) is 7.16. The molecule has 0 aliphatic carbocycles. The zero-order valence-electron chi connectivity index (χ0n) is 16.8. The van der Waals surface area contributed by atoms with E-state index in [0.29, 0.717) is 24.1 Å². The molecule has 0 atom stereocenters. The summed E-state index contributed by atoms with van der Waals surface area (Å²) in [5.74, 6) is -0.932. The molecule has 3 aromatic rings. The number of carboxylic acids is 1. The van der Waals surface area contributed by atoms with E-state index in [4.69, 9.17) is 0 Å². The van der Waals surface area contributed by atoms with Crippen LogP contribution in [0.15, 0.2) is 77.7 Å². The van der Waals surface area contributed by atoms with E-state index in [9.17, 15) is 18.3 Å². The molecule has 0 aromatic heterocycles. The van der Waals surface area contributed by atoms with E-state index < -0.39 is 16.0 Å². The SMILES string of the molecule is CCCc1ccc(S(=O)(=O)Nc2ccc(CCc3ccccc3C(=O)O)cc2)cc1. The predicted molar refractivity (Wildman–Crippen MR) is 118 cm³/mol. The van der Waals surface area contributed by atoms with Gasteiger partial charge in [0.2, 0.25) is 0 Å². The summed E-state index contributed by atoms with van der Waals surface area (Å²) < 4.78 is 27.8. The molecule has 30 heavy (non-hydrogen) atoms. The minimum atomic E-state index is -3.64. The maximum Gasteiger partial charge on any atom is 0.335 e. The van der Waals surface area contributed by atoms with Gasteiger partial charge in [-0.25, -0.2) is 13.2 Å². The Morgan fingerprint density at radius 3 is 2.07 bits per heavy atom. The molecule has 0 saturated heterocycles. The molecule has 5 nitrogen and oxygen atoms in total. The molecule has 6 heteroatoms. The summed E-state index contributed by atoms with van der Waals surface area (Å²) in [5.41, 5.74) is 3.70. The van der Waals surface area contributed by atoms with Crippen LogP contribution in [0.1, 0.15) is 40.4 Å². The van der Waals surface area contributed by atoms with Crippen molar-refractivity contribution in [3.8, 4) is 0 Å². The van der Waals surface area contributed by atoms with Crippen LogP contribution in [-0.2, 0) is 29.3 Å². The number of sulfonamides is 1. The van der Waals surface area contributed by atoms with E-state index in [1.54, 1.807) is 36.4 Å². The van der Waals surface area contributed by atoms with Crippen LogP contribution >= 0.6 is 0 Å². The van der Waals surface area contributed by atoms with Crippen LogP contribution in [0.25, 0.3) is 0 Å². The molecule has 0 aliphatic rings. The van der Waals surface area contributed by atoms with Crippen molar-refractivity contribution in [1.82, 2.24) is 0 Å². The van der Waals surface area contributed by atoms with Gasteiger partial charge in [-0.05, 0) is 66.3 Å². The average molecular weight is 424 g/mol. The molecule has 3 rings (SSSR count). The molecule has 0 heterocycles.